The van der Waals surface area contributed by atoms with Crippen LogP contribution >= 0.6 is 34.7 Å². The lowest BCUT2D eigenvalue weighted by molar-refractivity contribution is -0.160. The molecule has 1 aromatic rings. The number of carbonyl (C=O) groups excluding carboxylic acids is 3. The maximum absolute atomic E-state index is 13.0. The molecule has 0 radical (unpaired) electrons. The first kappa shape index (κ1) is 26.5. The van der Waals surface area contributed by atoms with Crippen molar-refractivity contribution in [3.63, 3.8) is 0 Å². The number of thiazole rings is 1. The molecule has 188 valence electrons. The largest absolute Gasteiger partial charge is 0.477 e. The molecule has 4 N–H and O–H groups in total. The van der Waals surface area contributed by atoms with Crippen molar-refractivity contribution in [2.75, 3.05) is 18.1 Å². The molecule has 0 aromatic carbocycles. The molecule has 0 aliphatic carbocycles. The summed E-state index contributed by atoms with van der Waals surface area (Å²) in [6.07, 6.45) is 1.41. The van der Waals surface area contributed by atoms with Gasteiger partial charge < -0.3 is 25.7 Å². The summed E-state index contributed by atoms with van der Waals surface area (Å²) in [5, 5.41) is 16.8. The van der Waals surface area contributed by atoms with E-state index in [1.54, 1.807) is 20.8 Å². The minimum Gasteiger partial charge on any atom is -0.477 e. The Labute approximate surface area is 213 Å². The maximum Gasteiger partial charge on any atom is 0.352 e. The Balaban J connectivity index is 1.76. The molecule has 0 saturated carbocycles. The Morgan fingerprint density at radius 3 is 2.71 bits per heavy atom. The van der Waals surface area contributed by atoms with Gasteiger partial charge in [-0.25, -0.2) is 14.6 Å². The van der Waals surface area contributed by atoms with E-state index >= 15 is 0 Å². The van der Waals surface area contributed by atoms with E-state index in [0.29, 0.717) is 5.57 Å². The Hall–Kier alpha value is -3.10. The number of hydrogen-bond donors (Lipinski definition) is 3. The van der Waals surface area contributed by atoms with Crippen LogP contribution in [-0.4, -0.2) is 73.8 Å². The van der Waals surface area contributed by atoms with Crippen molar-refractivity contribution < 1.29 is 33.9 Å². The zero-order valence-electron chi connectivity index (χ0n) is 18.8. The highest BCUT2D eigenvalue weighted by molar-refractivity contribution is 8.00. The van der Waals surface area contributed by atoms with E-state index in [0.717, 1.165) is 16.2 Å². The number of amides is 2. The minimum atomic E-state index is -1.28. The average molecular weight is 544 g/mol. The van der Waals surface area contributed by atoms with Crippen LogP contribution in [0.3, 0.4) is 0 Å². The number of nitrogens with two attached hydrogens (primary N) is 1. The van der Waals surface area contributed by atoms with Crippen LogP contribution in [0.2, 0.25) is 0 Å². The van der Waals surface area contributed by atoms with Crippen LogP contribution in [0.25, 0.3) is 0 Å². The maximum atomic E-state index is 13.0. The molecule has 2 amide bonds. The Morgan fingerprint density at radius 1 is 1.43 bits per heavy atom. The van der Waals surface area contributed by atoms with Gasteiger partial charge in [-0.1, -0.05) is 16.8 Å². The topological polar surface area (TPSA) is 174 Å². The van der Waals surface area contributed by atoms with E-state index in [9.17, 15) is 24.3 Å². The van der Waals surface area contributed by atoms with E-state index in [4.69, 9.17) is 26.9 Å². The molecule has 15 heteroatoms. The predicted molar refractivity (Wildman–Crippen MR) is 130 cm³/mol. The first-order valence-corrected chi connectivity index (χ1v) is 12.4. The molecular formula is C20H22ClN5O7S2. The van der Waals surface area contributed by atoms with Crippen LogP contribution in [0.15, 0.2) is 33.4 Å². The Bertz CT molecular complexity index is 1140. The third-order valence-electron chi connectivity index (χ3n) is 4.49. The number of aliphatic carboxylic acids is 1. The Morgan fingerprint density at radius 2 is 2.14 bits per heavy atom. The highest BCUT2D eigenvalue weighted by Crippen LogP contribution is 2.40. The van der Waals surface area contributed by atoms with Crippen molar-refractivity contribution in [1.82, 2.24) is 15.2 Å². The fourth-order valence-corrected chi connectivity index (χ4v) is 5.20. The lowest BCUT2D eigenvalue weighted by Gasteiger charge is -2.49. The summed E-state index contributed by atoms with van der Waals surface area (Å²) in [6, 6.07) is -1.02. The van der Waals surface area contributed by atoms with Crippen LogP contribution in [-0.2, 0) is 28.8 Å². The van der Waals surface area contributed by atoms with Crippen LogP contribution in [0.5, 0.6) is 0 Å². The summed E-state index contributed by atoms with van der Waals surface area (Å²) in [4.78, 5) is 59.5. The molecule has 3 heterocycles. The number of ether oxygens (including phenoxy) is 1. The van der Waals surface area contributed by atoms with E-state index < -0.39 is 47.4 Å². The summed E-state index contributed by atoms with van der Waals surface area (Å²) in [6.45, 7) is 4.50. The molecule has 2 aliphatic rings. The number of thioether (sulfide) groups is 1. The van der Waals surface area contributed by atoms with Crippen molar-refractivity contribution in [1.29, 1.82) is 0 Å². The molecule has 0 spiro atoms. The van der Waals surface area contributed by atoms with Crippen molar-refractivity contribution in [3.05, 3.63) is 34.0 Å². The number of esters is 1. The first-order chi connectivity index (χ1) is 16.4. The number of oxime groups is 1. The van der Waals surface area contributed by atoms with Crippen molar-refractivity contribution in [2.45, 2.75) is 37.8 Å². The molecule has 2 atom stereocenters. The highest BCUT2D eigenvalue weighted by Gasteiger charge is 2.54. The fraction of sp³-hybridized carbons (Fsp3) is 0.400. The average Bonchev–Trinajstić information content (AvgIpc) is 3.19. The number of hydrogen-bond acceptors (Lipinski definition) is 11. The van der Waals surface area contributed by atoms with Crippen LogP contribution in [0.1, 0.15) is 26.5 Å². The SMILES string of the molecule is CC(C)(C)OC(=O)CON=C(C(=O)NC1C(=O)N2C(C(=O)O)=C(/C=C/Cl)CS[C@@H]12)c1csc(N)n1. The molecule has 35 heavy (non-hydrogen) atoms. The molecular weight excluding hydrogens is 522 g/mol. The molecule has 12 nitrogen and oxygen atoms in total. The molecule has 0 bridgehead atoms. The zero-order chi connectivity index (χ0) is 25.9. The lowest BCUT2D eigenvalue weighted by Crippen LogP contribution is -2.71. The highest BCUT2D eigenvalue weighted by atomic mass is 35.5. The number of anilines is 1. The fourth-order valence-electron chi connectivity index (χ4n) is 3.18. The number of β-lactam (4-membered cyclic amide) rings is 1. The van der Waals surface area contributed by atoms with Crippen LogP contribution in [0.4, 0.5) is 5.13 Å². The number of nitrogens with one attached hydrogen (secondary N) is 1. The molecule has 2 aliphatic heterocycles. The number of carboxylic acids is 1. The number of fused-ring (bicyclic) bond motifs is 1. The van der Waals surface area contributed by atoms with Gasteiger partial charge in [0.25, 0.3) is 11.8 Å². The van der Waals surface area contributed by atoms with E-state index in [1.807, 2.05) is 0 Å². The van der Waals surface area contributed by atoms with Gasteiger partial charge in [0.15, 0.2) is 10.8 Å². The van der Waals surface area contributed by atoms with Gasteiger partial charge in [-0.05, 0) is 32.4 Å². The lowest BCUT2D eigenvalue weighted by atomic mass is 10.0. The van der Waals surface area contributed by atoms with Gasteiger partial charge in [-0.2, -0.15) is 0 Å². The van der Waals surface area contributed by atoms with Crippen LogP contribution < -0.4 is 11.1 Å². The predicted octanol–water partition coefficient (Wildman–Crippen LogP) is 1.28. The molecule has 1 aromatic heterocycles. The van der Waals surface area contributed by atoms with E-state index in [1.165, 1.54) is 28.8 Å². The second-order valence-corrected chi connectivity index (χ2v) is 10.5. The van der Waals surface area contributed by atoms with Gasteiger partial charge >= 0.3 is 11.9 Å². The molecule has 1 saturated heterocycles. The third-order valence-corrected chi connectivity index (χ3v) is 6.59. The van der Waals surface area contributed by atoms with Crippen molar-refractivity contribution in [2.24, 2.45) is 5.16 Å². The van der Waals surface area contributed by atoms with Gasteiger partial charge in [-0.15, -0.1) is 23.1 Å². The van der Waals surface area contributed by atoms with Crippen LogP contribution in [0, 0.1) is 0 Å². The number of carboxylic acid groups (broad SMARTS) is 1. The zero-order valence-corrected chi connectivity index (χ0v) is 21.2. The summed E-state index contributed by atoms with van der Waals surface area (Å²) in [5.41, 5.74) is 6.05. The number of carbonyl (C=O) groups is 4. The van der Waals surface area contributed by atoms with Crippen molar-refractivity contribution >= 4 is 69.3 Å². The van der Waals surface area contributed by atoms with Gasteiger partial charge in [0.05, 0.1) is 0 Å². The number of aromatic nitrogens is 1. The van der Waals surface area contributed by atoms with E-state index in [-0.39, 0.29) is 28.0 Å². The number of nitrogens with zero attached hydrogens (tertiary/aromatic N) is 3. The standard InChI is InChI=1S/C20H22ClN5O7S2/c1-20(2,3)33-11(27)6-32-25-12(10-8-35-19(22)23-10)15(28)24-13-16(29)26-14(18(30)31)9(4-5-21)7-34-17(13)26/h4-5,8,13,17H,6-7H2,1-3H3,(H2,22,23)(H,24,28)(H,30,31)/b5-4+,25-12?/t13?,17-/m0/s1. The monoisotopic (exact) mass is 543 g/mol. The van der Waals surface area contributed by atoms with Crippen molar-refractivity contribution in [3.8, 4) is 0 Å². The number of allylic oxidation sites excluding steroid dienone is 1. The number of rotatable bonds is 8. The first-order valence-electron chi connectivity index (χ1n) is 10.0. The van der Waals surface area contributed by atoms with Gasteiger partial charge in [-0.3, -0.25) is 14.5 Å². The number of nitrogen functional groups attached to an aromatic ring is 1. The normalized spacial score (nSPS) is 20.4. The smallest absolute Gasteiger partial charge is 0.352 e. The Kier molecular flexibility index (Phi) is 8.07. The second kappa shape index (κ2) is 10.7. The molecule has 1 unspecified atom stereocenters. The van der Waals surface area contributed by atoms with E-state index in [2.05, 4.69) is 15.5 Å². The molecule has 3 rings (SSSR count). The van der Waals surface area contributed by atoms with Gasteiger partial charge in [0.2, 0.25) is 6.61 Å². The quantitative estimate of drug-likeness (QED) is 0.187. The minimum absolute atomic E-state index is 0.0785. The number of halogens is 1. The summed E-state index contributed by atoms with van der Waals surface area (Å²) < 4.78 is 5.12. The summed E-state index contributed by atoms with van der Waals surface area (Å²) >= 11 is 7.91. The molecule has 1 fully saturated rings. The van der Waals surface area contributed by atoms with Gasteiger partial charge in [0.1, 0.15) is 28.4 Å². The second-order valence-electron chi connectivity index (χ2n) is 8.20. The summed E-state index contributed by atoms with van der Waals surface area (Å²) in [7, 11) is 0. The third kappa shape index (κ3) is 6.13. The summed E-state index contributed by atoms with van der Waals surface area (Å²) in [5.74, 6) is -3.13. The van der Waals surface area contributed by atoms with Gasteiger partial charge in [0, 0.05) is 16.7 Å².